The SMILES string of the molecule is C=S(C)C1=CC(C)=C(C)C1. The summed E-state index contributed by atoms with van der Waals surface area (Å²) in [6.07, 6.45) is 5.62. The third-order valence-corrected chi connectivity index (χ3v) is 3.10. The van der Waals surface area contributed by atoms with Crippen molar-refractivity contribution in [2.75, 3.05) is 6.26 Å². The molecule has 1 heteroatoms. The summed E-state index contributed by atoms with van der Waals surface area (Å²) < 4.78 is 0. The average Bonchev–Trinajstić information content (AvgIpc) is 2.13. The lowest BCUT2D eigenvalue weighted by Gasteiger charge is -1.99. The number of allylic oxidation sites excluding steroid dienone is 4. The first-order valence-electron chi connectivity index (χ1n) is 3.44. The van der Waals surface area contributed by atoms with Crippen molar-refractivity contribution in [3.8, 4) is 0 Å². The molecule has 0 aliphatic heterocycles. The van der Waals surface area contributed by atoms with Crippen molar-refractivity contribution in [2.24, 2.45) is 0 Å². The van der Waals surface area contributed by atoms with E-state index in [1.54, 1.807) is 0 Å². The molecule has 0 heterocycles. The van der Waals surface area contributed by atoms with Gasteiger partial charge >= 0.3 is 0 Å². The van der Waals surface area contributed by atoms with Crippen LogP contribution in [-0.4, -0.2) is 12.1 Å². The van der Waals surface area contributed by atoms with E-state index in [2.05, 4.69) is 32.0 Å². The van der Waals surface area contributed by atoms with Gasteiger partial charge in [0.2, 0.25) is 0 Å². The molecule has 1 rings (SSSR count). The van der Waals surface area contributed by atoms with E-state index in [1.165, 1.54) is 16.1 Å². The van der Waals surface area contributed by atoms with Crippen molar-refractivity contribution < 1.29 is 0 Å². The molecule has 0 N–H and O–H groups in total. The molecule has 0 bridgehead atoms. The standard InChI is InChI=1S/C9H14S/c1-7-5-9(10(3)4)6-8(7)2/h5H,3,6H2,1-2,4H3. The van der Waals surface area contributed by atoms with E-state index in [0.717, 1.165) is 6.42 Å². The van der Waals surface area contributed by atoms with Gasteiger partial charge in [-0.2, -0.15) is 10.5 Å². The van der Waals surface area contributed by atoms with E-state index in [1.807, 2.05) is 0 Å². The molecule has 1 aliphatic rings. The largest absolute Gasteiger partial charge is 0.169 e. The van der Waals surface area contributed by atoms with Crippen LogP contribution in [0.4, 0.5) is 0 Å². The Morgan fingerprint density at radius 1 is 1.50 bits per heavy atom. The smallest absolute Gasteiger partial charge is 0.000895 e. The van der Waals surface area contributed by atoms with Gasteiger partial charge in [0.1, 0.15) is 0 Å². The van der Waals surface area contributed by atoms with Gasteiger partial charge in [-0.1, -0.05) is 17.0 Å². The quantitative estimate of drug-likeness (QED) is 0.509. The summed E-state index contributed by atoms with van der Waals surface area (Å²) in [7, 11) is 0.237. The molecule has 0 nitrogen and oxygen atoms in total. The Kier molecular flexibility index (Phi) is 2.14. The molecule has 0 spiro atoms. The van der Waals surface area contributed by atoms with Gasteiger partial charge in [0.25, 0.3) is 0 Å². The first-order chi connectivity index (χ1) is 4.61. The third kappa shape index (κ3) is 1.40. The number of hydrogen-bond acceptors (Lipinski definition) is 0. The summed E-state index contributed by atoms with van der Waals surface area (Å²) in [6, 6.07) is 0. The highest BCUT2D eigenvalue weighted by molar-refractivity contribution is 8.16. The molecule has 10 heavy (non-hydrogen) atoms. The van der Waals surface area contributed by atoms with Crippen molar-refractivity contribution in [2.45, 2.75) is 20.3 Å². The van der Waals surface area contributed by atoms with E-state index >= 15 is 0 Å². The minimum absolute atomic E-state index is 0.237. The zero-order chi connectivity index (χ0) is 7.72. The molecular formula is C9H14S. The van der Waals surface area contributed by atoms with Crippen molar-refractivity contribution >= 4 is 16.4 Å². The van der Waals surface area contributed by atoms with Crippen LogP contribution in [0.2, 0.25) is 0 Å². The molecule has 0 saturated carbocycles. The van der Waals surface area contributed by atoms with Crippen LogP contribution in [0.5, 0.6) is 0 Å². The molecule has 0 aromatic rings. The van der Waals surface area contributed by atoms with Crippen molar-refractivity contribution in [1.82, 2.24) is 0 Å². The summed E-state index contributed by atoms with van der Waals surface area (Å²) in [6.45, 7) is 4.38. The molecular weight excluding hydrogens is 140 g/mol. The molecule has 1 aliphatic carbocycles. The third-order valence-electron chi connectivity index (χ3n) is 1.94. The fraction of sp³-hybridized carbons (Fsp3) is 0.444. The Morgan fingerprint density at radius 2 is 2.10 bits per heavy atom. The predicted octanol–water partition coefficient (Wildman–Crippen LogP) is 2.94. The average molecular weight is 154 g/mol. The van der Waals surface area contributed by atoms with Crippen LogP contribution in [0, 0.1) is 0 Å². The zero-order valence-corrected chi connectivity index (χ0v) is 7.72. The van der Waals surface area contributed by atoms with Crippen LogP contribution >= 0.6 is 10.5 Å². The van der Waals surface area contributed by atoms with Crippen LogP contribution in [0.15, 0.2) is 22.1 Å². The van der Waals surface area contributed by atoms with E-state index in [0.29, 0.717) is 0 Å². The fourth-order valence-electron chi connectivity index (χ4n) is 1.04. The maximum atomic E-state index is 4.02. The predicted molar refractivity (Wildman–Crippen MR) is 51.7 cm³/mol. The highest BCUT2D eigenvalue weighted by Gasteiger charge is 2.08. The second-order valence-corrected chi connectivity index (χ2v) is 4.69. The molecule has 0 aromatic heterocycles. The van der Waals surface area contributed by atoms with Crippen LogP contribution in [0.3, 0.4) is 0 Å². The van der Waals surface area contributed by atoms with E-state index in [-0.39, 0.29) is 10.5 Å². The summed E-state index contributed by atoms with van der Waals surface area (Å²) >= 11 is 0. The number of rotatable bonds is 1. The molecule has 1 atom stereocenters. The lowest BCUT2D eigenvalue weighted by atomic mass is 10.2. The minimum atomic E-state index is 0.237. The van der Waals surface area contributed by atoms with E-state index in [9.17, 15) is 0 Å². The Bertz CT molecular complexity index is 231. The van der Waals surface area contributed by atoms with E-state index < -0.39 is 0 Å². The van der Waals surface area contributed by atoms with Gasteiger partial charge in [-0.3, -0.25) is 0 Å². The van der Waals surface area contributed by atoms with Crippen LogP contribution in [0.25, 0.3) is 0 Å². The minimum Gasteiger partial charge on any atom is -0.169 e. The normalized spacial score (nSPS) is 21.3. The Hall–Kier alpha value is -0.300. The van der Waals surface area contributed by atoms with Crippen LogP contribution in [0.1, 0.15) is 20.3 Å². The maximum Gasteiger partial charge on any atom is -0.000895 e. The summed E-state index contributed by atoms with van der Waals surface area (Å²) in [4.78, 5) is 1.51. The summed E-state index contributed by atoms with van der Waals surface area (Å²) in [5, 5.41) is 0. The first kappa shape index (κ1) is 7.80. The molecule has 56 valence electrons. The highest BCUT2D eigenvalue weighted by atomic mass is 32.2. The lowest BCUT2D eigenvalue weighted by Crippen LogP contribution is -1.73. The fourth-order valence-corrected chi connectivity index (χ4v) is 1.88. The molecule has 0 radical (unpaired) electrons. The van der Waals surface area contributed by atoms with E-state index in [4.69, 9.17) is 0 Å². The maximum absolute atomic E-state index is 4.02. The lowest BCUT2D eigenvalue weighted by molar-refractivity contribution is 1.21. The van der Waals surface area contributed by atoms with Gasteiger partial charge < -0.3 is 0 Å². The van der Waals surface area contributed by atoms with Gasteiger partial charge in [0, 0.05) is 0 Å². The van der Waals surface area contributed by atoms with Gasteiger partial charge in [-0.25, -0.2) is 0 Å². The van der Waals surface area contributed by atoms with Crippen LogP contribution < -0.4 is 0 Å². The molecule has 0 saturated heterocycles. The summed E-state index contributed by atoms with van der Waals surface area (Å²) in [5.41, 5.74) is 2.95. The second kappa shape index (κ2) is 2.75. The highest BCUT2D eigenvalue weighted by Crippen LogP contribution is 2.33. The molecule has 0 aromatic carbocycles. The Balaban J connectivity index is 2.79. The molecule has 0 fully saturated rings. The van der Waals surface area contributed by atoms with Crippen LogP contribution in [-0.2, 0) is 0 Å². The molecule has 1 unspecified atom stereocenters. The zero-order valence-electron chi connectivity index (χ0n) is 6.90. The van der Waals surface area contributed by atoms with Gasteiger partial charge in [0.15, 0.2) is 0 Å². The monoisotopic (exact) mass is 154 g/mol. The van der Waals surface area contributed by atoms with Crippen molar-refractivity contribution in [3.63, 3.8) is 0 Å². The topological polar surface area (TPSA) is 0 Å². The summed E-state index contributed by atoms with van der Waals surface area (Å²) in [5.74, 6) is 4.02. The Labute approximate surface area is 65.6 Å². The molecule has 0 amide bonds. The first-order valence-corrected chi connectivity index (χ1v) is 5.24. The Morgan fingerprint density at radius 3 is 2.30 bits per heavy atom. The number of hydrogen-bond donors (Lipinski definition) is 0. The van der Waals surface area contributed by atoms with Gasteiger partial charge in [-0.05, 0) is 37.5 Å². The van der Waals surface area contributed by atoms with Crippen molar-refractivity contribution in [1.29, 1.82) is 0 Å². The van der Waals surface area contributed by atoms with Gasteiger partial charge in [-0.15, -0.1) is 0 Å². The van der Waals surface area contributed by atoms with Crippen molar-refractivity contribution in [3.05, 3.63) is 22.1 Å². The second-order valence-electron chi connectivity index (χ2n) is 2.89. The van der Waals surface area contributed by atoms with Gasteiger partial charge in [0.05, 0.1) is 0 Å².